The molecule has 0 spiro atoms. The Morgan fingerprint density at radius 2 is 1.87 bits per heavy atom. The predicted octanol–water partition coefficient (Wildman–Crippen LogP) is 3.11. The van der Waals surface area contributed by atoms with Crippen molar-refractivity contribution in [2.75, 3.05) is 31.1 Å². The van der Waals surface area contributed by atoms with Crippen molar-refractivity contribution in [2.45, 2.75) is 38.8 Å². The second kappa shape index (κ2) is 13.6. The van der Waals surface area contributed by atoms with Gasteiger partial charge >= 0.3 is 5.97 Å². The smallest absolute Gasteiger partial charge is 0.327 e. The van der Waals surface area contributed by atoms with Crippen LogP contribution in [0.1, 0.15) is 47.3 Å². The molecule has 1 unspecified atom stereocenters. The van der Waals surface area contributed by atoms with Crippen molar-refractivity contribution >= 4 is 23.5 Å². The molecule has 0 radical (unpaired) electrons. The SMILES string of the molecule is CCC[n+]1cc(F)cc(C(=O)N(CCC(=O)NCCOC(=O)C2NCCc3ccccc32)c2ccccc2)c1. The number of aromatic nitrogens is 1. The lowest BCUT2D eigenvalue weighted by Crippen LogP contribution is -2.39. The van der Waals surface area contributed by atoms with Crippen molar-refractivity contribution in [1.82, 2.24) is 10.6 Å². The number of fused-ring (bicyclic) bond motifs is 1. The molecule has 1 aromatic heterocycles. The van der Waals surface area contributed by atoms with Gasteiger partial charge in [0, 0.05) is 31.6 Å². The second-order valence-corrected chi connectivity index (χ2v) is 9.38. The van der Waals surface area contributed by atoms with Crippen molar-refractivity contribution in [1.29, 1.82) is 0 Å². The number of rotatable bonds is 11. The molecule has 0 fully saturated rings. The fraction of sp³-hybridized carbons (Fsp3) is 0.333. The Bertz CT molecular complexity index is 1300. The standard InChI is InChI=1S/C30H33FN4O4/c1-2-16-34-20-23(19-24(31)21-34)29(37)35(25-9-4-3-5-10-25)17-13-27(36)32-15-18-39-30(38)28-26-11-7-6-8-22(26)12-14-33-28/h3-11,19-21,28,33H,2,12-18H2,1H3/p+1. The number of nitrogens with zero attached hydrogens (tertiary/aromatic N) is 2. The normalized spacial score (nSPS) is 14.3. The van der Waals surface area contributed by atoms with Crippen LogP contribution in [0.25, 0.3) is 0 Å². The van der Waals surface area contributed by atoms with E-state index in [1.807, 2.05) is 37.3 Å². The molecule has 4 rings (SSSR count). The van der Waals surface area contributed by atoms with Gasteiger partial charge in [0.25, 0.3) is 5.91 Å². The molecule has 1 aliphatic heterocycles. The zero-order valence-electron chi connectivity index (χ0n) is 22.1. The maximum Gasteiger partial charge on any atom is 0.327 e. The highest BCUT2D eigenvalue weighted by molar-refractivity contribution is 6.06. The molecule has 9 heteroatoms. The summed E-state index contributed by atoms with van der Waals surface area (Å²) >= 11 is 0. The number of esters is 1. The van der Waals surface area contributed by atoms with Gasteiger partial charge in [-0.05, 0) is 35.7 Å². The molecule has 0 aliphatic carbocycles. The highest BCUT2D eigenvalue weighted by Gasteiger charge is 2.27. The first-order valence-corrected chi connectivity index (χ1v) is 13.3. The maximum atomic E-state index is 14.2. The molecule has 8 nitrogen and oxygen atoms in total. The van der Waals surface area contributed by atoms with Crippen LogP contribution >= 0.6 is 0 Å². The molecular weight excluding hydrogens is 499 g/mol. The molecule has 0 saturated heterocycles. The molecule has 3 aromatic rings. The van der Waals surface area contributed by atoms with E-state index in [1.165, 1.54) is 17.2 Å². The summed E-state index contributed by atoms with van der Waals surface area (Å²) in [5.74, 6) is -1.57. The van der Waals surface area contributed by atoms with Gasteiger partial charge in [-0.15, -0.1) is 0 Å². The topological polar surface area (TPSA) is 91.6 Å². The third-order valence-electron chi connectivity index (χ3n) is 6.50. The Kier molecular flexibility index (Phi) is 9.74. The van der Waals surface area contributed by atoms with E-state index in [9.17, 15) is 18.8 Å². The van der Waals surface area contributed by atoms with Gasteiger partial charge < -0.3 is 20.3 Å². The van der Waals surface area contributed by atoms with E-state index in [4.69, 9.17) is 4.74 Å². The number of nitrogens with one attached hydrogen (secondary N) is 2. The fourth-order valence-electron chi connectivity index (χ4n) is 4.66. The predicted molar refractivity (Wildman–Crippen MR) is 144 cm³/mol. The van der Waals surface area contributed by atoms with Gasteiger partial charge in [0.15, 0.2) is 12.0 Å². The van der Waals surface area contributed by atoms with E-state index < -0.39 is 17.8 Å². The van der Waals surface area contributed by atoms with Gasteiger partial charge in [-0.2, -0.15) is 0 Å². The average molecular weight is 534 g/mol. The van der Waals surface area contributed by atoms with E-state index >= 15 is 0 Å². The number of benzene rings is 2. The number of hydrogen-bond donors (Lipinski definition) is 2. The third kappa shape index (κ3) is 7.48. The van der Waals surface area contributed by atoms with Crippen LogP contribution in [0, 0.1) is 5.82 Å². The van der Waals surface area contributed by atoms with Gasteiger partial charge in [0.2, 0.25) is 12.1 Å². The summed E-state index contributed by atoms with van der Waals surface area (Å²) in [6.07, 6.45) is 4.66. The van der Waals surface area contributed by atoms with E-state index in [0.29, 0.717) is 18.8 Å². The van der Waals surface area contributed by atoms with Crippen LogP contribution in [-0.2, 0) is 27.3 Å². The Labute approximate surface area is 227 Å². The Morgan fingerprint density at radius 3 is 2.67 bits per heavy atom. The van der Waals surface area contributed by atoms with E-state index in [-0.39, 0.29) is 43.6 Å². The lowest BCUT2D eigenvalue weighted by Gasteiger charge is -2.25. The number of carbonyl (C=O) groups is 3. The quantitative estimate of drug-likeness (QED) is 0.225. The van der Waals surface area contributed by atoms with Crippen LogP contribution < -0.4 is 20.1 Å². The summed E-state index contributed by atoms with van der Waals surface area (Å²) in [6.45, 7) is 3.53. The minimum atomic E-state index is -0.519. The van der Waals surface area contributed by atoms with Crippen LogP contribution in [0.5, 0.6) is 0 Å². The molecule has 0 bridgehead atoms. The van der Waals surface area contributed by atoms with Gasteiger partial charge in [0.05, 0.1) is 6.54 Å². The minimum absolute atomic E-state index is 0.0242. The first-order valence-electron chi connectivity index (χ1n) is 13.3. The van der Waals surface area contributed by atoms with Crippen LogP contribution in [0.15, 0.2) is 73.1 Å². The molecule has 2 N–H and O–H groups in total. The number of aryl methyl sites for hydroxylation is 1. The zero-order chi connectivity index (χ0) is 27.6. The maximum absolute atomic E-state index is 14.2. The van der Waals surface area contributed by atoms with Crippen molar-refractivity contribution in [3.63, 3.8) is 0 Å². The van der Waals surface area contributed by atoms with Crippen LogP contribution in [-0.4, -0.2) is 44.0 Å². The molecule has 1 atom stereocenters. The van der Waals surface area contributed by atoms with Crippen LogP contribution in [0.3, 0.4) is 0 Å². The van der Waals surface area contributed by atoms with Gasteiger partial charge in [-0.1, -0.05) is 49.4 Å². The molecule has 204 valence electrons. The Balaban J connectivity index is 1.31. The number of pyridine rings is 1. The number of ether oxygens (including phenoxy) is 1. The fourth-order valence-corrected chi connectivity index (χ4v) is 4.66. The number of para-hydroxylation sites is 1. The van der Waals surface area contributed by atoms with Gasteiger partial charge in [0.1, 0.15) is 24.8 Å². The minimum Gasteiger partial charge on any atom is -0.462 e. The van der Waals surface area contributed by atoms with Crippen molar-refractivity contribution < 1.29 is 28.1 Å². The summed E-state index contributed by atoms with van der Waals surface area (Å²) < 4.78 is 21.3. The van der Waals surface area contributed by atoms with E-state index in [1.54, 1.807) is 35.0 Å². The second-order valence-electron chi connectivity index (χ2n) is 9.38. The highest BCUT2D eigenvalue weighted by atomic mass is 19.1. The van der Waals surface area contributed by atoms with Crippen LogP contribution in [0.4, 0.5) is 10.1 Å². The van der Waals surface area contributed by atoms with Gasteiger partial charge in [-0.3, -0.25) is 9.59 Å². The number of hydrogen-bond acceptors (Lipinski definition) is 5. The van der Waals surface area contributed by atoms with Crippen LogP contribution in [0.2, 0.25) is 0 Å². The average Bonchev–Trinajstić information content (AvgIpc) is 2.95. The van der Waals surface area contributed by atoms with Crippen molar-refractivity contribution in [3.05, 3.63) is 95.6 Å². The molecule has 39 heavy (non-hydrogen) atoms. The zero-order valence-corrected chi connectivity index (χ0v) is 22.1. The number of halogens is 1. The largest absolute Gasteiger partial charge is 0.462 e. The lowest BCUT2D eigenvalue weighted by atomic mass is 9.94. The molecular formula is C30H34FN4O4+. The number of anilines is 1. The summed E-state index contributed by atoms with van der Waals surface area (Å²) in [4.78, 5) is 40.0. The summed E-state index contributed by atoms with van der Waals surface area (Å²) in [6, 6.07) is 17.4. The van der Waals surface area contributed by atoms with Crippen molar-refractivity contribution in [2.24, 2.45) is 0 Å². The van der Waals surface area contributed by atoms with Crippen molar-refractivity contribution in [3.8, 4) is 0 Å². The molecule has 1 aliphatic rings. The number of carbonyl (C=O) groups excluding carboxylic acids is 3. The molecule has 0 saturated carbocycles. The first kappa shape index (κ1) is 27.9. The summed E-state index contributed by atoms with van der Waals surface area (Å²) in [5.41, 5.74) is 2.86. The molecule has 2 amide bonds. The lowest BCUT2D eigenvalue weighted by molar-refractivity contribution is -0.698. The Morgan fingerprint density at radius 1 is 1.10 bits per heavy atom. The first-order chi connectivity index (χ1) is 19.0. The van der Waals surface area contributed by atoms with E-state index in [2.05, 4.69) is 10.6 Å². The summed E-state index contributed by atoms with van der Waals surface area (Å²) in [5, 5.41) is 5.93. The van der Waals surface area contributed by atoms with E-state index in [0.717, 1.165) is 24.0 Å². The summed E-state index contributed by atoms with van der Waals surface area (Å²) in [7, 11) is 0. The molecule has 2 aromatic carbocycles. The number of amides is 2. The third-order valence-corrected chi connectivity index (χ3v) is 6.50. The monoisotopic (exact) mass is 533 g/mol. The Hall–Kier alpha value is -4.11. The van der Waals surface area contributed by atoms with Gasteiger partial charge in [-0.25, -0.2) is 13.8 Å². The molecule has 2 heterocycles. The highest BCUT2D eigenvalue weighted by Crippen LogP contribution is 2.23.